The second kappa shape index (κ2) is 7.55. The normalized spacial score (nSPS) is 19.9. The zero-order valence-electron chi connectivity index (χ0n) is 16.7. The molecule has 1 aliphatic heterocycles. The number of aromatic nitrogens is 5. The van der Waals surface area contributed by atoms with Crippen LogP contribution in [0.25, 0.3) is 11.4 Å². The fourth-order valence-corrected chi connectivity index (χ4v) is 4.64. The Hall–Kier alpha value is -2.80. The maximum absolute atomic E-state index is 11.0. The van der Waals surface area contributed by atoms with Gasteiger partial charge in [-0.3, -0.25) is 4.98 Å². The van der Waals surface area contributed by atoms with E-state index in [0.717, 1.165) is 68.2 Å². The van der Waals surface area contributed by atoms with E-state index in [1.54, 1.807) is 18.6 Å². The van der Waals surface area contributed by atoms with Crippen LogP contribution in [0.5, 0.6) is 0 Å². The molecule has 29 heavy (non-hydrogen) atoms. The van der Waals surface area contributed by atoms with Gasteiger partial charge in [-0.05, 0) is 44.2 Å². The molecule has 4 heterocycles. The maximum Gasteiger partial charge on any atom is 0.161 e. The van der Waals surface area contributed by atoms with E-state index < -0.39 is 6.10 Å². The smallest absolute Gasteiger partial charge is 0.161 e. The van der Waals surface area contributed by atoms with Gasteiger partial charge in [-0.1, -0.05) is 0 Å². The number of fused-ring (bicyclic) bond motifs is 1. The largest absolute Gasteiger partial charge is 0.385 e. The maximum atomic E-state index is 11.0. The monoisotopic (exact) mass is 390 g/mol. The molecule has 1 N–H and O–H groups in total. The van der Waals surface area contributed by atoms with Gasteiger partial charge in [0.2, 0.25) is 0 Å². The van der Waals surface area contributed by atoms with Crippen LogP contribution >= 0.6 is 0 Å². The van der Waals surface area contributed by atoms with Crippen LogP contribution in [0.4, 0.5) is 5.82 Å². The number of hydrogen-bond acceptors (Lipinski definition) is 6. The number of imidazole rings is 1. The van der Waals surface area contributed by atoms with E-state index in [1.807, 2.05) is 29.9 Å². The zero-order chi connectivity index (χ0) is 19.8. The summed E-state index contributed by atoms with van der Waals surface area (Å²) >= 11 is 0. The summed E-state index contributed by atoms with van der Waals surface area (Å²) in [6.45, 7) is 1.75. The fraction of sp³-hybridized carbons (Fsp3) is 0.455. The van der Waals surface area contributed by atoms with Crippen LogP contribution in [-0.2, 0) is 19.9 Å². The van der Waals surface area contributed by atoms with Crippen LogP contribution in [0.2, 0.25) is 0 Å². The summed E-state index contributed by atoms with van der Waals surface area (Å²) in [6.07, 6.45) is 11.8. The van der Waals surface area contributed by atoms with E-state index in [1.165, 1.54) is 11.3 Å². The Bertz CT molecular complexity index is 1000. The predicted octanol–water partition coefficient (Wildman–Crippen LogP) is 2.71. The van der Waals surface area contributed by atoms with Gasteiger partial charge in [0.05, 0.1) is 0 Å². The topological polar surface area (TPSA) is 80.0 Å². The molecule has 5 rings (SSSR count). The van der Waals surface area contributed by atoms with Gasteiger partial charge in [0.15, 0.2) is 5.82 Å². The summed E-state index contributed by atoms with van der Waals surface area (Å²) in [4.78, 5) is 20.7. The molecule has 3 aromatic rings. The highest BCUT2D eigenvalue weighted by Crippen LogP contribution is 2.36. The number of hydrogen-bond donors (Lipinski definition) is 1. The molecule has 7 heteroatoms. The molecule has 0 aromatic carbocycles. The molecule has 150 valence electrons. The summed E-state index contributed by atoms with van der Waals surface area (Å²) in [5.74, 6) is 2.70. The first-order valence-electron chi connectivity index (χ1n) is 10.4. The predicted molar refractivity (Wildman–Crippen MR) is 110 cm³/mol. The van der Waals surface area contributed by atoms with Crippen LogP contribution in [-0.4, -0.2) is 42.7 Å². The van der Waals surface area contributed by atoms with Crippen molar-refractivity contribution in [1.29, 1.82) is 0 Å². The minimum absolute atomic E-state index is 0.140. The molecule has 3 aromatic heterocycles. The van der Waals surface area contributed by atoms with E-state index >= 15 is 0 Å². The Balaban J connectivity index is 1.47. The van der Waals surface area contributed by atoms with Gasteiger partial charge in [0.1, 0.15) is 17.7 Å². The molecule has 7 nitrogen and oxygen atoms in total. The summed E-state index contributed by atoms with van der Waals surface area (Å²) in [5, 5.41) is 11.0. The van der Waals surface area contributed by atoms with E-state index in [2.05, 4.69) is 14.9 Å². The standard InChI is InChI=1S/C22H26N6O/c1-27-13-11-24-22(27)19(29)16-4-3-12-28(14-16)21-17-5-2-6-18(17)25-20(26-21)15-7-9-23-10-8-15/h7-11,13,16,19,29H,2-6,12,14H2,1H3. The first-order chi connectivity index (χ1) is 14.2. The minimum Gasteiger partial charge on any atom is -0.385 e. The van der Waals surface area contributed by atoms with Crippen molar-refractivity contribution in [2.75, 3.05) is 18.0 Å². The average Bonchev–Trinajstić information content (AvgIpc) is 3.42. The first-order valence-corrected chi connectivity index (χ1v) is 10.4. The highest BCUT2D eigenvalue weighted by Gasteiger charge is 2.32. The van der Waals surface area contributed by atoms with E-state index in [4.69, 9.17) is 9.97 Å². The van der Waals surface area contributed by atoms with Crippen molar-refractivity contribution in [1.82, 2.24) is 24.5 Å². The lowest BCUT2D eigenvalue weighted by atomic mass is 9.91. The third-order valence-electron chi connectivity index (χ3n) is 6.18. The number of aliphatic hydroxyl groups excluding tert-OH is 1. The molecule has 1 fully saturated rings. The van der Waals surface area contributed by atoms with Gasteiger partial charge in [-0.2, -0.15) is 0 Å². The number of piperidine rings is 1. The molecule has 0 radical (unpaired) electrons. The van der Waals surface area contributed by atoms with Gasteiger partial charge in [0, 0.05) is 67.7 Å². The molecule has 0 saturated carbocycles. The Morgan fingerprint density at radius 1 is 1.10 bits per heavy atom. The lowest BCUT2D eigenvalue weighted by molar-refractivity contribution is 0.0873. The molecule has 2 unspecified atom stereocenters. The third kappa shape index (κ3) is 3.40. The van der Waals surface area contributed by atoms with E-state index in [0.29, 0.717) is 0 Å². The molecule has 0 amide bonds. The second-order valence-electron chi connectivity index (χ2n) is 8.08. The molecule has 2 aliphatic rings. The Labute approximate surface area is 170 Å². The van der Waals surface area contributed by atoms with Crippen molar-refractivity contribution in [3.63, 3.8) is 0 Å². The summed E-state index contributed by atoms with van der Waals surface area (Å²) in [7, 11) is 1.93. The molecule has 2 atom stereocenters. The van der Waals surface area contributed by atoms with Gasteiger partial charge in [-0.15, -0.1) is 0 Å². The van der Waals surface area contributed by atoms with Crippen LogP contribution < -0.4 is 4.90 Å². The number of rotatable bonds is 4. The van der Waals surface area contributed by atoms with Gasteiger partial charge >= 0.3 is 0 Å². The van der Waals surface area contributed by atoms with Gasteiger partial charge in [0.25, 0.3) is 0 Å². The van der Waals surface area contributed by atoms with E-state index in [9.17, 15) is 5.11 Å². The Kier molecular flexibility index (Phi) is 4.75. The molecular formula is C22H26N6O. The van der Waals surface area contributed by atoms with Crippen molar-refractivity contribution in [2.24, 2.45) is 13.0 Å². The summed E-state index contributed by atoms with van der Waals surface area (Å²) in [5.41, 5.74) is 3.46. The Morgan fingerprint density at radius 2 is 1.97 bits per heavy atom. The fourth-order valence-electron chi connectivity index (χ4n) is 4.64. The van der Waals surface area contributed by atoms with Crippen molar-refractivity contribution in [3.8, 4) is 11.4 Å². The lowest BCUT2D eigenvalue weighted by Gasteiger charge is -2.36. The SMILES string of the molecule is Cn1ccnc1C(O)C1CCCN(c2nc(-c3ccncc3)nc3c2CCC3)C1. The average molecular weight is 390 g/mol. The van der Waals surface area contributed by atoms with Gasteiger partial charge < -0.3 is 14.6 Å². The van der Waals surface area contributed by atoms with Crippen molar-refractivity contribution in [3.05, 3.63) is 54.0 Å². The van der Waals surface area contributed by atoms with Crippen molar-refractivity contribution >= 4 is 5.82 Å². The number of aryl methyl sites for hydroxylation is 2. The second-order valence-corrected chi connectivity index (χ2v) is 8.08. The first kappa shape index (κ1) is 18.2. The van der Waals surface area contributed by atoms with Crippen LogP contribution in [0.3, 0.4) is 0 Å². The third-order valence-corrected chi connectivity index (χ3v) is 6.18. The van der Waals surface area contributed by atoms with Crippen LogP contribution in [0.1, 0.15) is 42.4 Å². The molecule has 0 bridgehead atoms. The number of pyridine rings is 1. The Morgan fingerprint density at radius 3 is 2.76 bits per heavy atom. The number of nitrogens with zero attached hydrogens (tertiary/aromatic N) is 6. The highest BCUT2D eigenvalue weighted by molar-refractivity contribution is 5.61. The molecule has 1 aliphatic carbocycles. The van der Waals surface area contributed by atoms with Gasteiger partial charge in [-0.25, -0.2) is 15.0 Å². The van der Waals surface area contributed by atoms with E-state index in [-0.39, 0.29) is 5.92 Å². The van der Waals surface area contributed by atoms with Crippen LogP contribution in [0.15, 0.2) is 36.9 Å². The number of aliphatic hydroxyl groups is 1. The van der Waals surface area contributed by atoms with Crippen molar-refractivity contribution in [2.45, 2.75) is 38.2 Å². The quantitative estimate of drug-likeness (QED) is 0.738. The highest BCUT2D eigenvalue weighted by atomic mass is 16.3. The molecular weight excluding hydrogens is 364 g/mol. The zero-order valence-corrected chi connectivity index (χ0v) is 16.7. The van der Waals surface area contributed by atoms with Crippen molar-refractivity contribution < 1.29 is 5.11 Å². The summed E-state index contributed by atoms with van der Waals surface area (Å²) < 4.78 is 1.91. The summed E-state index contributed by atoms with van der Waals surface area (Å²) in [6, 6.07) is 3.93. The number of anilines is 1. The van der Waals surface area contributed by atoms with Crippen LogP contribution in [0, 0.1) is 5.92 Å². The molecule has 1 saturated heterocycles. The minimum atomic E-state index is -0.563. The molecule has 0 spiro atoms. The lowest BCUT2D eigenvalue weighted by Crippen LogP contribution is -2.39.